The lowest BCUT2D eigenvalue weighted by molar-refractivity contribution is -0.221. The first kappa shape index (κ1) is 15.6. The molecule has 0 bridgehead atoms. The maximum atomic E-state index is 12.8. The SMILES string of the molecule is CN(C)C(=O)c1cccnc1N1CCOC(C(F)(F)F)C1. The minimum absolute atomic E-state index is 0.0592. The monoisotopic (exact) mass is 303 g/mol. The Morgan fingerprint density at radius 2 is 2.19 bits per heavy atom. The van der Waals surface area contributed by atoms with Crippen LogP contribution in [0, 0.1) is 0 Å². The molecule has 2 heterocycles. The van der Waals surface area contributed by atoms with Crippen molar-refractivity contribution < 1.29 is 22.7 Å². The maximum Gasteiger partial charge on any atom is 0.416 e. The smallest absolute Gasteiger partial charge is 0.365 e. The highest BCUT2D eigenvalue weighted by atomic mass is 19.4. The molecule has 1 fully saturated rings. The van der Waals surface area contributed by atoms with Crippen LogP contribution < -0.4 is 4.90 Å². The van der Waals surface area contributed by atoms with Gasteiger partial charge in [0.15, 0.2) is 6.10 Å². The molecule has 0 saturated carbocycles. The number of morpholine rings is 1. The van der Waals surface area contributed by atoms with E-state index in [2.05, 4.69) is 4.98 Å². The highest BCUT2D eigenvalue weighted by Gasteiger charge is 2.44. The molecule has 1 atom stereocenters. The predicted molar refractivity (Wildman–Crippen MR) is 70.3 cm³/mol. The molecule has 5 nitrogen and oxygen atoms in total. The van der Waals surface area contributed by atoms with Gasteiger partial charge >= 0.3 is 6.18 Å². The molecule has 1 unspecified atom stereocenters. The average molecular weight is 303 g/mol. The summed E-state index contributed by atoms with van der Waals surface area (Å²) in [6.45, 7) is -0.165. The molecule has 8 heteroatoms. The topological polar surface area (TPSA) is 45.7 Å². The number of carbonyl (C=O) groups is 1. The van der Waals surface area contributed by atoms with Crippen molar-refractivity contribution in [3.05, 3.63) is 23.9 Å². The molecule has 1 saturated heterocycles. The number of ether oxygens (including phenoxy) is 1. The van der Waals surface area contributed by atoms with E-state index in [0.29, 0.717) is 0 Å². The van der Waals surface area contributed by atoms with Crippen LogP contribution in [0.5, 0.6) is 0 Å². The summed E-state index contributed by atoms with van der Waals surface area (Å²) in [5, 5.41) is 0. The molecule has 2 rings (SSSR count). The quantitative estimate of drug-likeness (QED) is 0.831. The number of aromatic nitrogens is 1. The second-order valence-electron chi connectivity index (χ2n) is 4.92. The summed E-state index contributed by atoms with van der Waals surface area (Å²) < 4.78 is 43.1. The molecular formula is C13H16F3N3O2. The fourth-order valence-electron chi connectivity index (χ4n) is 2.10. The van der Waals surface area contributed by atoms with Gasteiger partial charge in [0.25, 0.3) is 5.91 Å². The summed E-state index contributed by atoms with van der Waals surface area (Å²) in [4.78, 5) is 19.0. The molecule has 1 aliphatic heterocycles. The van der Waals surface area contributed by atoms with Crippen molar-refractivity contribution in [1.29, 1.82) is 0 Å². The van der Waals surface area contributed by atoms with Crippen LogP contribution in [-0.2, 0) is 4.74 Å². The van der Waals surface area contributed by atoms with Crippen LogP contribution in [0.2, 0.25) is 0 Å². The Balaban J connectivity index is 2.28. The second kappa shape index (κ2) is 5.88. The van der Waals surface area contributed by atoms with E-state index >= 15 is 0 Å². The van der Waals surface area contributed by atoms with Crippen LogP contribution >= 0.6 is 0 Å². The van der Waals surface area contributed by atoms with Crippen molar-refractivity contribution in [2.24, 2.45) is 0 Å². The number of pyridine rings is 1. The van der Waals surface area contributed by atoms with Gasteiger partial charge in [0.2, 0.25) is 0 Å². The van der Waals surface area contributed by atoms with Crippen LogP contribution in [0.4, 0.5) is 19.0 Å². The molecule has 0 N–H and O–H groups in total. The number of rotatable bonds is 2. The standard InChI is InChI=1S/C13H16F3N3O2/c1-18(2)12(20)9-4-3-5-17-11(9)19-6-7-21-10(8-19)13(14,15)16/h3-5,10H,6-8H2,1-2H3. The van der Waals surface area contributed by atoms with Gasteiger partial charge in [-0.15, -0.1) is 0 Å². The van der Waals surface area contributed by atoms with E-state index in [1.165, 1.54) is 16.0 Å². The number of carbonyl (C=O) groups excluding carboxylic acids is 1. The Morgan fingerprint density at radius 3 is 2.81 bits per heavy atom. The Hall–Kier alpha value is -1.83. The Morgan fingerprint density at radius 1 is 1.48 bits per heavy atom. The van der Waals surface area contributed by atoms with Gasteiger partial charge in [0.05, 0.1) is 18.7 Å². The van der Waals surface area contributed by atoms with Gasteiger partial charge in [-0.1, -0.05) is 0 Å². The average Bonchev–Trinajstić information content (AvgIpc) is 2.45. The molecule has 116 valence electrons. The summed E-state index contributed by atoms with van der Waals surface area (Å²) in [6.07, 6.45) is -4.84. The molecule has 0 aliphatic carbocycles. The van der Waals surface area contributed by atoms with Crippen molar-refractivity contribution >= 4 is 11.7 Å². The second-order valence-corrected chi connectivity index (χ2v) is 4.92. The number of hydrogen-bond donors (Lipinski definition) is 0. The maximum absolute atomic E-state index is 12.8. The first-order chi connectivity index (χ1) is 9.80. The number of nitrogens with zero attached hydrogens (tertiary/aromatic N) is 3. The lowest BCUT2D eigenvalue weighted by atomic mass is 10.2. The molecule has 0 spiro atoms. The summed E-state index contributed by atoms with van der Waals surface area (Å²) in [6, 6.07) is 3.14. The lowest BCUT2D eigenvalue weighted by Crippen LogP contribution is -2.50. The third-order valence-corrected chi connectivity index (χ3v) is 3.15. The number of halogens is 3. The van der Waals surface area contributed by atoms with E-state index in [0.717, 1.165) is 0 Å². The summed E-state index contributed by atoms with van der Waals surface area (Å²) >= 11 is 0. The van der Waals surface area contributed by atoms with Crippen molar-refractivity contribution in [2.45, 2.75) is 12.3 Å². The fourth-order valence-corrected chi connectivity index (χ4v) is 2.10. The first-order valence-electron chi connectivity index (χ1n) is 6.40. The zero-order chi connectivity index (χ0) is 15.6. The Labute approximate surface area is 120 Å². The molecule has 1 aliphatic rings. The van der Waals surface area contributed by atoms with Crippen LogP contribution in [0.15, 0.2) is 18.3 Å². The van der Waals surface area contributed by atoms with E-state index in [9.17, 15) is 18.0 Å². The van der Waals surface area contributed by atoms with Crippen LogP contribution in [-0.4, -0.2) is 61.9 Å². The number of alkyl halides is 3. The number of hydrogen-bond acceptors (Lipinski definition) is 4. The molecular weight excluding hydrogens is 287 g/mol. The van der Waals surface area contributed by atoms with Crippen LogP contribution in [0.25, 0.3) is 0 Å². The molecule has 1 aromatic rings. The van der Waals surface area contributed by atoms with E-state index in [-0.39, 0.29) is 37.0 Å². The molecule has 21 heavy (non-hydrogen) atoms. The Bertz CT molecular complexity index is 520. The zero-order valence-corrected chi connectivity index (χ0v) is 11.7. The van der Waals surface area contributed by atoms with Gasteiger partial charge in [0.1, 0.15) is 5.82 Å². The van der Waals surface area contributed by atoms with Gasteiger partial charge in [-0.25, -0.2) is 4.98 Å². The molecule has 0 aromatic carbocycles. The molecule has 1 amide bonds. The van der Waals surface area contributed by atoms with E-state index in [1.807, 2.05) is 0 Å². The minimum atomic E-state index is -4.43. The minimum Gasteiger partial charge on any atom is -0.365 e. The Kier molecular flexibility index (Phi) is 4.36. The first-order valence-corrected chi connectivity index (χ1v) is 6.40. The third kappa shape index (κ3) is 3.44. The van der Waals surface area contributed by atoms with Gasteiger partial charge < -0.3 is 14.5 Å². The molecule has 0 radical (unpaired) electrons. The van der Waals surface area contributed by atoms with Gasteiger partial charge in [0, 0.05) is 26.8 Å². The van der Waals surface area contributed by atoms with Gasteiger partial charge in [-0.2, -0.15) is 13.2 Å². The van der Waals surface area contributed by atoms with Crippen molar-refractivity contribution in [2.75, 3.05) is 38.7 Å². The number of amides is 1. The third-order valence-electron chi connectivity index (χ3n) is 3.15. The largest absolute Gasteiger partial charge is 0.416 e. The fraction of sp³-hybridized carbons (Fsp3) is 0.538. The van der Waals surface area contributed by atoms with Gasteiger partial charge in [-0.3, -0.25) is 4.79 Å². The van der Waals surface area contributed by atoms with E-state index < -0.39 is 12.3 Å². The highest BCUT2D eigenvalue weighted by molar-refractivity contribution is 5.98. The summed E-state index contributed by atoms with van der Waals surface area (Å²) in [7, 11) is 3.16. The normalized spacial score (nSPS) is 19.5. The summed E-state index contributed by atoms with van der Waals surface area (Å²) in [5.41, 5.74) is 0.283. The molecule has 1 aromatic heterocycles. The van der Waals surface area contributed by atoms with Crippen molar-refractivity contribution in [3.63, 3.8) is 0 Å². The number of anilines is 1. The van der Waals surface area contributed by atoms with Crippen molar-refractivity contribution in [3.8, 4) is 0 Å². The van der Waals surface area contributed by atoms with Crippen LogP contribution in [0.1, 0.15) is 10.4 Å². The van der Waals surface area contributed by atoms with Gasteiger partial charge in [-0.05, 0) is 12.1 Å². The predicted octanol–water partition coefficient (Wildman–Crippen LogP) is 1.55. The summed E-state index contributed by atoms with van der Waals surface area (Å²) in [5.74, 6) is -0.0399. The van der Waals surface area contributed by atoms with E-state index in [4.69, 9.17) is 4.74 Å². The van der Waals surface area contributed by atoms with Crippen molar-refractivity contribution in [1.82, 2.24) is 9.88 Å². The van der Waals surface area contributed by atoms with Crippen LogP contribution in [0.3, 0.4) is 0 Å². The highest BCUT2D eigenvalue weighted by Crippen LogP contribution is 2.28. The van der Waals surface area contributed by atoms with E-state index in [1.54, 1.807) is 26.2 Å². The zero-order valence-electron chi connectivity index (χ0n) is 11.7. The lowest BCUT2D eigenvalue weighted by Gasteiger charge is -2.35.